The molecule has 130 valence electrons. The molecule has 0 aromatic carbocycles. The van der Waals surface area contributed by atoms with E-state index in [4.69, 9.17) is 0 Å². The van der Waals surface area contributed by atoms with Crippen molar-refractivity contribution in [1.29, 1.82) is 0 Å². The SMILES string of the molecule is C=CC[Si](C)(C)C.C[C@@]1(CCC[Si](C)(C)C)CCCC(=O)C1. The van der Waals surface area contributed by atoms with Crippen molar-refractivity contribution >= 4 is 21.9 Å². The predicted molar refractivity (Wildman–Crippen MR) is 107 cm³/mol. The van der Waals surface area contributed by atoms with Crippen LogP contribution in [0.1, 0.15) is 45.4 Å². The zero-order valence-electron chi connectivity index (χ0n) is 16.3. The van der Waals surface area contributed by atoms with Gasteiger partial charge in [-0.15, -0.1) is 6.58 Å². The highest BCUT2D eigenvalue weighted by molar-refractivity contribution is 6.76. The standard InChI is InChI=1S/C13H26OSi.C6H14Si/c1-13(8-5-7-12(14)11-13)9-6-10-15(2,3)4;1-5-6-7(2,3)4/h5-11H2,1-4H3;5H,1,6H2,2-4H3/t13-;/m0./s1. The Morgan fingerprint density at radius 3 is 2.09 bits per heavy atom. The van der Waals surface area contributed by atoms with E-state index in [2.05, 4.69) is 52.8 Å². The lowest BCUT2D eigenvalue weighted by atomic mass is 9.72. The van der Waals surface area contributed by atoms with Gasteiger partial charge in [-0.05, 0) is 30.7 Å². The molecule has 0 aromatic rings. The van der Waals surface area contributed by atoms with Crippen LogP contribution < -0.4 is 0 Å². The van der Waals surface area contributed by atoms with E-state index >= 15 is 0 Å². The first-order chi connectivity index (χ1) is 9.87. The maximum absolute atomic E-state index is 11.4. The Hall–Kier alpha value is -0.156. The molecule has 0 unspecified atom stereocenters. The lowest BCUT2D eigenvalue weighted by Crippen LogP contribution is -2.27. The number of Topliss-reactive ketones (excluding diaryl/α,β-unsaturated/α-hetero) is 1. The summed E-state index contributed by atoms with van der Waals surface area (Å²) >= 11 is 0. The minimum atomic E-state index is -0.877. The van der Waals surface area contributed by atoms with E-state index in [-0.39, 0.29) is 0 Å². The fourth-order valence-electron chi connectivity index (χ4n) is 3.06. The molecule has 0 aromatic heterocycles. The Morgan fingerprint density at radius 1 is 1.14 bits per heavy atom. The van der Waals surface area contributed by atoms with Crippen LogP contribution in [-0.2, 0) is 4.79 Å². The molecule has 1 rings (SSSR count). The van der Waals surface area contributed by atoms with Crippen LogP contribution in [0, 0.1) is 5.41 Å². The van der Waals surface area contributed by atoms with Crippen molar-refractivity contribution in [1.82, 2.24) is 0 Å². The zero-order chi connectivity index (χ0) is 17.4. The summed E-state index contributed by atoms with van der Waals surface area (Å²) in [5.74, 6) is 0.497. The van der Waals surface area contributed by atoms with Gasteiger partial charge in [-0.2, -0.15) is 0 Å². The number of ketones is 1. The minimum Gasteiger partial charge on any atom is -0.300 e. The Morgan fingerprint density at radius 2 is 1.73 bits per heavy atom. The third kappa shape index (κ3) is 12.4. The Bertz CT molecular complexity index is 349. The number of carbonyl (C=O) groups is 1. The van der Waals surface area contributed by atoms with E-state index in [1.165, 1.54) is 31.4 Å². The Labute approximate surface area is 142 Å². The molecule has 22 heavy (non-hydrogen) atoms. The minimum absolute atomic E-state index is 0.342. The highest BCUT2D eigenvalue weighted by Crippen LogP contribution is 2.39. The maximum Gasteiger partial charge on any atom is 0.133 e. The normalized spacial score (nSPS) is 22.8. The average molecular weight is 341 g/mol. The summed E-state index contributed by atoms with van der Waals surface area (Å²) in [7, 11) is -1.65. The second kappa shape index (κ2) is 9.22. The molecule has 3 heteroatoms. The summed E-state index contributed by atoms with van der Waals surface area (Å²) < 4.78 is 0. The molecule has 0 amide bonds. The monoisotopic (exact) mass is 340 g/mol. The first kappa shape index (κ1) is 21.8. The summed E-state index contributed by atoms with van der Waals surface area (Å²) in [4.78, 5) is 11.4. The van der Waals surface area contributed by atoms with Gasteiger partial charge in [0.2, 0.25) is 0 Å². The molecule has 0 bridgehead atoms. The lowest BCUT2D eigenvalue weighted by molar-refractivity contribution is -0.123. The number of hydrogen-bond donors (Lipinski definition) is 0. The van der Waals surface area contributed by atoms with Gasteiger partial charge in [-0.25, -0.2) is 0 Å². The van der Waals surface area contributed by atoms with Crippen LogP contribution >= 0.6 is 0 Å². The van der Waals surface area contributed by atoms with Crippen molar-refractivity contribution in [3.8, 4) is 0 Å². The molecule has 1 nitrogen and oxygen atoms in total. The maximum atomic E-state index is 11.4. The molecule has 1 fully saturated rings. The van der Waals surface area contributed by atoms with Gasteiger partial charge >= 0.3 is 0 Å². The van der Waals surface area contributed by atoms with Gasteiger partial charge in [0.1, 0.15) is 5.78 Å². The topological polar surface area (TPSA) is 17.1 Å². The van der Waals surface area contributed by atoms with Gasteiger partial charge in [0.15, 0.2) is 0 Å². The molecular formula is C19H40OSi2. The molecular weight excluding hydrogens is 300 g/mol. The van der Waals surface area contributed by atoms with Crippen LogP contribution in [0.25, 0.3) is 0 Å². The van der Waals surface area contributed by atoms with E-state index in [1.54, 1.807) is 0 Å². The third-order valence-corrected chi connectivity index (χ3v) is 7.69. The van der Waals surface area contributed by atoms with Crippen molar-refractivity contribution < 1.29 is 4.79 Å². The molecule has 0 radical (unpaired) electrons. The summed E-state index contributed by atoms with van der Waals surface area (Å²) in [5.41, 5.74) is 0.342. The molecule has 0 saturated heterocycles. The second-order valence-electron chi connectivity index (χ2n) is 9.85. The summed E-state index contributed by atoms with van der Waals surface area (Å²) in [6.45, 7) is 20.3. The van der Waals surface area contributed by atoms with Gasteiger partial charge in [0.05, 0.1) is 0 Å². The molecule has 0 heterocycles. The quantitative estimate of drug-likeness (QED) is 0.385. The number of carbonyl (C=O) groups excluding carboxylic acids is 1. The number of rotatable bonds is 6. The summed E-state index contributed by atoms with van der Waals surface area (Å²) in [5, 5.41) is 0. The Kier molecular flexibility index (Phi) is 9.15. The third-order valence-electron chi connectivity index (χ3n) is 4.32. The molecule has 0 spiro atoms. The van der Waals surface area contributed by atoms with Gasteiger partial charge in [-0.1, -0.05) is 64.7 Å². The molecule has 0 N–H and O–H groups in total. The van der Waals surface area contributed by atoms with E-state index in [0.717, 1.165) is 19.3 Å². The van der Waals surface area contributed by atoms with Crippen LogP contribution in [0.3, 0.4) is 0 Å². The first-order valence-electron chi connectivity index (χ1n) is 9.00. The van der Waals surface area contributed by atoms with Crippen LogP contribution in [0.5, 0.6) is 0 Å². The lowest BCUT2D eigenvalue weighted by Gasteiger charge is -2.33. The van der Waals surface area contributed by atoms with E-state index < -0.39 is 16.1 Å². The smallest absolute Gasteiger partial charge is 0.133 e. The van der Waals surface area contributed by atoms with E-state index in [0.29, 0.717) is 11.2 Å². The summed E-state index contributed by atoms with van der Waals surface area (Å²) in [6, 6.07) is 2.66. The van der Waals surface area contributed by atoms with Crippen LogP contribution in [0.15, 0.2) is 12.7 Å². The van der Waals surface area contributed by atoms with Crippen molar-refractivity contribution in [2.45, 2.75) is 96.8 Å². The Balaban J connectivity index is 0.000000534. The van der Waals surface area contributed by atoms with E-state index in [9.17, 15) is 4.79 Å². The first-order valence-corrected chi connectivity index (χ1v) is 16.4. The van der Waals surface area contributed by atoms with Crippen LogP contribution in [0.4, 0.5) is 0 Å². The van der Waals surface area contributed by atoms with Crippen molar-refractivity contribution in [3.63, 3.8) is 0 Å². The molecule has 1 aliphatic rings. The van der Waals surface area contributed by atoms with Gasteiger partial charge in [-0.3, -0.25) is 4.79 Å². The molecule has 1 aliphatic carbocycles. The average Bonchev–Trinajstić information content (AvgIpc) is 2.25. The molecule has 0 aliphatic heterocycles. The highest BCUT2D eigenvalue weighted by Gasteiger charge is 2.30. The fraction of sp³-hybridized carbons (Fsp3) is 0.842. The summed E-state index contributed by atoms with van der Waals surface area (Å²) in [6.07, 6.45) is 8.70. The molecule has 1 atom stereocenters. The van der Waals surface area contributed by atoms with Crippen LogP contribution in [-0.4, -0.2) is 21.9 Å². The second-order valence-corrected chi connectivity index (χ2v) is 21.0. The van der Waals surface area contributed by atoms with Crippen molar-refractivity contribution in [2.75, 3.05) is 0 Å². The number of allylic oxidation sites excluding steroid dienone is 1. The van der Waals surface area contributed by atoms with Crippen molar-refractivity contribution in [2.24, 2.45) is 5.41 Å². The van der Waals surface area contributed by atoms with E-state index in [1.807, 2.05) is 6.08 Å². The highest BCUT2D eigenvalue weighted by atomic mass is 28.3. The fourth-order valence-corrected chi connectivity index (χ4v) is 5.16. The largest absolute Gasteiger partial charge is 0.300 e. The number of hydrogen-bond acceptors (Lipinski definition) is 1. The van der Waals surface area contributed by atoms with Gasteiger partial charge < -0.3 is 0 Å². The van der Waals surface area contributed by atoms with Gasteiger partial charge in [0, 0.05) is 29.0 Å². The van der Waals surface area contributed by atoms with Crippen LogP contribution in [0.2, 0.25) is 51.4 Å². The molecule has 1 saturated carbocycles. The predicted octanol–water partition coefficient (Wildman–Crippen LogP) is 6.76. The zero-order valence-corrected chi connectivity index (χ0v) is 18.3. The van der Waals surface area contributed by atoms with Crippen molar-refractivity contribution in [3.05, 3.63) is 12.7 Å². The van der Waals surface area contributed by atoms with Gasteiger partial charge in [0.25, 0.3) is 0 Å².